The number of hydrogen-bond donors (Lipinski definition) is 1. The van der Waals surface area contributed by atoms with Crippen LogP contribution in [0.1, 0.15) is 35.2 Å². The first kappa shape index (κ1) is 20.1. The van der Waals surface area contributed by atoms with E-state index in [1.54, 1.807) is 24.3 Å². The van der Waals surface area contributed by atoms with Crippen molar-refractivity contribution in [1.29, 1.82) is 0 Å². The van der Waals surface area contributed by atoms with Crippen LogP contribution >= 0.6 is 0 Å². The Morgan fingerprint density at radius 1 is 1.04 bits per heavy atom. The topological polar surface area (TPSA) is 66.5 Å². The Morgan fingerprint density at radius 2 is 1.62 bits per heavy atom. The second-order valence-corrected chi connectivity index (χ2v) is 8.77. The fourth-order valence-electron chi connectivity index (χ4n) is 2.85. The summed E-state index contributed by atoms with van der Waals surface area (Å²) in [6, 6.07) is 12.4. The largest absolute Gasteiger partial charge is 0.348 e. The number of amides is 1. The molecule has 1 atom stereocenters. The molecular formula is C20H26N2O3S. The Hall–Kier alpha value is -2.18. The van der Waals surface area contributed by atoms with Crippen LogP contribution in [0.4, 0.5) is 0 Å². The van der Waals surface area contributed by atoms with Crippen molar-refractivity contribution < 1.29 is 13.2 Å². The smallest absolute Gasteiger partial charge is 0.243 e. The maximum atomic E-state index is 12.6. The van der Waals surface area contributed by atoms with E-state index in [0.29, 0.717) is 0 Å². The zero-order valence-corrected chi connectivity index (χ0v) is 16.7. The van der Waals surface area contributed by atoms with Crippen molar-refractivity contribution in [1.82, 2.24) is 9.62 Å². The summed E-state index contributed by atoms with van der Waals surface area (Å²) in [7, 11) is -2.28. The number of nitrogens with one attached hydrogen (secondary N) is 1. The van der Waals surface area contributed by atoms with Crippen molar-refractivity contribution in [2.24, 2.45) is 0 Å². The molecule has 26 heavy (non-hydrogen) atoms. The molecule has 5 nitrogen and oxygen atoms in total. The molecule has 0 radical (unpaired) electrons. The predicted octanol–water partition coefficient (Wildman–Crippen LogP) is 3.11. The molecule has 0 heterocycles. The summed E-state index contributed by atoms with van der Waals surface area (Å²) in [5.41, 5.74) is 4.26. The Kier molecular flexibility index (Phi) is 6.21. The molecule has 0 aliphatic heterocycles. The Bertz CT molecular complexity index is 890. The molecular weight excluding hydrogens is 348 g/mol. The lowest BCUT2D eigenvalue weighted by Gasteiger charge is -2.20. The molecule has 0 aliphatic rings. The number of nitrogens with zero attached hydrogens (tertiary/aromatic N) is 1. The van der Waals surface area contributed by atoms with Gasteiger partial charge in [-0.25, -0.2) is 8.42 Å². The van der Waals surface area contributed by atoms with Gasteiger partial charge in [0.25, 0.3) is 0 Å². The van der Waals surface area contributed by atoms with Crippen LogP contribution in [0.15, 0.2) is 47.4 Å². The van der Waals surface area contributed by atoms with Gasteiger partial charge in [-0.3, -0.25) is 4.79 Å². The van der Waals surface area contributed by atoms with Crippen molar-refractivity contribution in [2.45, 2.75) is 38.6 Å². The van der Waals surface area contributed by atoms with Gasteiger partial charge < -0.3 is 5.32 Å². The van der Waals surface area contributed by atoms with Crippen molar-refractivity contribution in [3.63, 3.8) is 0 Å². The average molecular weight is 375 g/mol. The number of carbonyl (C=O) groups is 1. The van der Waals surface area contributed by atoms with E-state index in [1.807, 2.05) is 39.8 Å². The van der Waals surface area contributed by atoms with Crippen molar-refractivity contribution in [3.05, 3.63) is 64.7 Å². The van der Waals surface area contributed by atoms with Crippen LogP contribution in [-0.2, 0) is 14.8 Å². The van der Waals surface area contributed by atoms with Gasteiger partial charge in [0.15, 0.2) is 0 Å². The lowest BCUT2D eigenvalue weighted by atomic mass is 10.0. The summed E-state index contributed by atoms with van der Waals surface area (Å²) in [6.07, 6.45) is 0. The fourth-order valence-corrected chi connectivity index (χ4v) is 3.98. The van der Waals surface area contributed by atoms with E-state index < -0.39 is 10.0 Å². The fraction of sp³-hybridized carbons (Fsp3) is 0.350. The van der Waals surface area contributed by atoms with Gasteiger partial charge in [0.05, 0.1) is 17.5 Å². The number of hydrogen-bond acceptors (Lipinski definition) is 3. The lowest BCUT2D eigenvalue weighted by Crippen LogP contribution is -2.39. The minimum Gasteiger partial charge on any atom is -0.348 e. The highest BCUT2D eigenvalue weighted by molar-refractivity contribution is 7.89. The molecule has 0 fully saturated rings. The van der Waals surface area contributed by atoms with Crippen LogP contribution in [0.2, 0.25) is 0 Å². The zero-order chi connectivity index (χ0) is 19.5. The summed E-state index contributed by atoms with van der Waals surface area (Å²) in [5, 5.41) is 2.87. The summed E-state index contributed by atoms with van der Waals surface area (Å²) < 4.78 is 26.2. The highest BCUT2D eigenvalue weighted by Crippen LogP contribution is 2.19. The molecule has 0 saturated carbocycles. The van der Waals surface area contributed by atoms with Gasteiger partial charge in [-0.2, -0.15) is 4.31 Å². The van der Waals surface area contributed by atoms with Crippen LogP contribution in [0.25, 0.3) is 0 Å². The summed E-state index contributed by atoms with van der Waals surface area (Å²) in [4.78, 5) is 12.5. The third-order valence-electron chi connectivity index (χ3n) is 4.36. The van der Waals surface area contributed by atoms with Crippen molar-refractivity contribution in [2.75, 3.05) is 13.6 Å². The van der Waals surface area contributed by atoms with E-state index in [1.165, 1.54) is 7.05 Å². The first-order chi connectivity index (χ1) is 12.1. The second kappa shape index (κ2) is 8.01. The molecule has 2 aromatic rings. The van der Waals surface area contributed by atoms with E-state index in [-0.39, 0.29) is 23.4 Å². The van der Waals surface area contributed by atoms with E-state index in [4.69, 9.17) is 0 Å². The van der Waals surface area contributed by atoms with Gasteiger partial charge in [-0.1, -0.05) is 41.5 Å². The van der Waals surface area contributed by atoms with Gasteiger partial charge in [0.1, 0.15) is 0 Å². The SMILES string of the molecule is Cc1ccc(S(=O)(=O)N(C)CC(=O)N[C@@H](C)c2ccc(C)cc2C)cc1. The van der Waals surface area contributed by atoms with Crippen molar-refractivity contribution >= 4 is 15.9 Å². The number of benzene rings is 2. The summed E-state index contributed by atoms with van der Waals surface area (Å²) >= 11 is 0. The Morgan fingerprint density at radius 3 is 2.19 bits per heavy atom. The standard InChI is InChI=1S/C20H26N2O3S/c1-14-6-9-18(10-7-14)26(24,25)22(5)13-20(23)21-17(4)19-11-8-15(2)12-16(19)3/h6-12,17H,13H2,1-5H3,(H,21,23)/t17-/m0/s1. The van der Waals surface area contributed by atoms with Crippen LogP contribution in [0.5, 0.6) is 0 Å². The number of likely N-dealkylation sites (N-methyl/N-ethyl adjacent to an activating group) is 1. The average Bonchev–Trinajstić information content (AvgIpc) is 2.54. The minimum atomic E-state index is -3.69. The first-order valence-corrected chi connectivity index (χ1v) is 9.95. The van der Waals surface area contributed by atoms with Crippen LogP contribution in [0, 0.1) is 20.8 Å². The number of aryl methyl sites for hydroxylation is 3. The quantitative estimate of drug-likeness (QED) is 0.845. The number of carbonyl (C=O) groups excluding carboxylic acids is 1. The zero-order valence-electron chi connectivity index (χ0n) is 15.9. The molecule has 2 rings (SSSR count). The minimum absolute atomic E-state index is 0.181. The lowest BCUT2D eigenvalue weighted by molar-refractivity contribution is -0.121. The molecule has 0 spiro atoms. The highest BCUT2D eigenvalue weighted by atomic mass is 32.2. The molecule has 0 saturated heterocycles. The molecule has 0 unspecified atom stereocenters. The van der Waals surface area contributed by atoms with Gasteiger partial charge in [0, 0.05) is 7.05 Å². The van der Waals surface area contributed by atoms with Gasteiger partial charge in [-0.05, 0) is 51.0 Å². The second-order valence-electron chi connectivity index (χ2n) is 6.72. The molecule has 1 amide bonds. The first-order valence-electron chi connectivity index (χ1n) is 8.51. The Balaban J connectivity index is 2.05. The van der Waals surface area contributed by atoms with Crippen LogP contribution in [-0.4, -0.2) is 32.2 Å². The number of rotatable bonds is 6. The summed E-state index contributed by atoms with van der Waals surface area (Å²) in [5.74, 6) is -0.337. The van der Waals surface area contributed by atoms with Gasteiger partial charge >= 0.3 is 0 Å². The predicted molar refractivity (Wildman–Crippen MR) is 103 cm³/mol. The molecule has 140 valence electrons. The maximum Gasteiger partial charge on any atom is 0.243 e. The summed E-state index contributed by atoms with van der Waals surface area (Å²) in [6.45, 7) is 7.57. The normalized spacial score (nSPS) is 12.8. The van der Waals surface area contributed by atoms with Crippen LogP contribution < -0.4 is 5.32 Å². The van der Waals surface area contributed by atoms with E-state index in [2.05, 4.69) is 11.4 Å². The van der Waals surface area contributed by atoms with E-state index in [9.17, 15) is 13.2 Å². The third kappa shape index (κ3) is 4.71. The number of sulfonamides is 1. The molecule has 0 aromatic heterocycles. The third-order valence-corrected chi connectivity index (χ3v) is 6.18. The van der Waals surface area contributed by atoms with Gasteiger partial charge in [-0.15, -0.1) is 0 Å². The molecule has 0 aliphatic carbocycles. The molecule has 2 aromatic carbocycles. The van der Waals surface area contributed by atoms with E-state index in [0.717, 1.165) is 26.6 Å². The monoisotopic (exact) mass is 374 g/mol. The highest BCUT2D eigenvalue weighted by Gasteiger charge is 2.23. The van der Waals surface area contributed by atoms with E-state index >= 15 is 0 Å². The molecule has 1 N–H and O–H groups in total. The van der Waals surface area contributed by atoms with Gasteiger partial charge in [0.2, 0.25) is 15.9 Å². The maximum absolute atomic E-state index is 12.6. The van der Waals surface area contributed by atoms with Crippen molar-refractivity contribution in [3.8, 4) is 0 Å². The molecule has 6 heteroatoms. The Labute approximate surface area is 156 Å². The molecule has 0 bridgehead atoms. The van der Waals surface area contributed by atoms with Crippen LogP contribution in [0.3, 0.4) is 0 Å².